The second-order valence-corrected chi connectivity index (χ2v) is 8.03. The van der Waals surface area contributed by atoms with E-state index in [4.69, 9.17) is 0 Å². The molecule has 1 heterocycles. The van der Waals surface area contributed by atoms with E-state index in [1.165, 1.54) is 18.5 Å². The molecule has 126 valence electrons. The molecule has 1 aliphatic heterocycles. The average molecular weight is 334 g/mol. The number of carbonyl (C=O) groups is 2. The van der Waals surface area contributed by atoms with E-state index in [2.05, 4.69) is 4.74 Å². The van der Waals surface area contributed by atoms with Gasteiger partial charge in [-0.15, -0.1) is 0 Å². The van der Waals surface area contributed by atoms with Gasteiger partial charge in [-0.3, -0.25) is 9.59 Å². The molecule has 0 aromatic heterocycles. The molecule has 0 unspecified atom stereocenters. The predicted octanol–water partition coefficient (Wildman–Crippen LogP) is -0.0872. The van der Waals surface area contributed by atoms with E-state index >= 15 is 0 Å². The zero-order chi connectivity index (χ0) is 16.5. The van der Waals surface area contributed by atoms with E-state index in [9.17, 15) is 23.1 Å². The Kier molecular flexibility index (Phi) is 4.78. The third-order valence-electron chi connectivity index (χ3n) is 4.84. The molecule has 1 N–H and O–H groups in total. The van der Waals surface area contributed by atoms with E-state index < -0.39 is 27.6 Å². The Balaban J connectivity index is 2.08. The number of carboxylic acids is 1. The molecule has 22 heavy (non-hydrogen) atoms. The molecule has 1 saturated carbocycles. The first-order valence-electron chi connectivity index (χ1n) is 7.25. The topological polar surface area (TPSA) is 104 Å². The summed E-state index contributed by atoms with van der Waals surface area (Å²) in [4.78, 5) is 22.7. The summed E-state index contributed by atoms with van der Waals surface area (Å²) in [7, 11) is -1.13. The van der Waals surface area contributed by atoms with Gasteiger partial charge in [0.2, 0.25) is 0 Å². The minimum absolute atomic E-state index is 0.0102. The standard InChI is InChI=1S/C13H22N2O6S/c1-14(7-5-11(16)21-2)22(19,20)15-8-10-4-3-6-13(10,9-15)12(17)18/h10H,3-9H2,1-2H3,(H,17,18)/t10-,13+/m0/s1. The van der Waals surface area contributed by atoms with Crippen LogP contribution in [-0.2, 0) is 24.5 Å². The molecule has 0 bridgehead atoms. The Labute approximate surface area is 130 Å². The summed E-state index contributed by atoms with van der Waals surface area (Å²) in [5.41, 5.74) is -0.948. The number of carboxylic acid groups (broad SMARTS) is 1. The van der Waals surface area contributed by atoms with E-state index in [0.29, 0.717) is 6.42 Å². The Bertz CT molecular complexity index is 563. The zero-order valence-corrected chi connectivity index (χ0v) is 13.6. The van der Waals surface area contributed by atoms with Crippen molar-refractivity contribution in [2.45, 2.75) is 25.7 Å². The van der Waals surface area contributed by atoms with Crippen LogP contribution in [0, 0.1) is 11.3 Å². The van der Waals surface area contributed by atoms with Gasteiger partial charge in [0, 0.05) is 26.7 Å². The second-order valence-electron chi connectivity index (χ2n) is 6.00. The second kappa shape index (κ2) is 6.13. The summed E-state index contributed by atoms with van der Waals surface area (Å²) in [6.07, 6.45) is 2.05. The Morgan fingerprint density at radius 1 is 1.45 bits per heavy atom. The summed E-state index contributed by atoms with van der Waals surface area (Å²) in [6, 6.07) is 0. The highest BCUT2D eigenvalue weighted by Gasteiger charge is 2.57. The lowest BCUT2D eigenvalue weighted by Crippen LogP contribution is -2.43. The van der Waals surface area contributed by atoms with Gasteiger partial charge in [0.25, 0.3) is 10.2 Å². The van der Waals surface area contributed by atoms with E-state index in [-0.39, 0.29) is 32.0 Å². The van der Waals surface area contributed by atoms with Crippen LogP contribution in [0.4, 0.5) is 0 Å². The van der Waals surface area contributed by atoms with Crippen molar-refractivity contribution < 1.29 is 27.9 Å². The van der Waals surface area contributed by atoms with Crippen molar-refractivity contribution in [1.29, 1.82) is 0 Å². The zero-order valence-electron chi connectivity index (χ0n) is 12.8. The van der Waals surface area contributed by atoms with Crippen molar-refractivity contribution in [3.8, 4) is 0 Å². The van der Waals surface area contributed by atoms with Crippen molar-refractivity contribution >= 4 is 22.1 Å². The van der Waals surface area contributed by atoms with Gasteiger partial charge in [0.15, 0.2) is 0 Å². The van der Waals surface area contributed by atoms with Gasteiger partial charge in [0.05, 0.1) is 18.9 Å². The largest absolute Gasteiger partial charge is 0.481 e. The van der Waals surface area contributed by atoms with E-state index in [1.54, 1.807) is 0 Å². The summed E-state index contributed by atoms with van der Waals surface area (Å²) in [5, 5.41) is 9.51. The fraction of sp³-hybridized carbons (Fsp3) is 0.846. The van der Waals surface area contributed by atoms with Crippen molar-refractivity contribution in [3.05, 3.63) is 0 Å². The Morgan fingerprint density at radius 3 is 2.68 bits per heavy atom. The number of nitrogens with zero attached hydrogens (tertiary/aromatic N) is 2. The molecule has 2 fully saturated rings. The van der Waals surface area contributed by atoms with Crippen molar-refractivity contribution in [2.24, 2.45) is 11.3 Å². The predicted molar refractivity (Wildman–Crippen MR) is 77.2 cm³/mol. The first-order valence-corrected chi connectivity index (χ1v) is 8.65. The van der Waals surface area contributed by atoms with Crippen LogP contribution in [0.15, 0.2) is 0 Å². The molecule has 2 atom stereocenters. The normalized spacial score (nSPS) is 28.8. The molecule has 1 saturated heterocycles. The number of aliphatic carboxylic acids is 1. The highest BCUT2D eigenvalue weighted by Crippen LogP contribution is 2.49. The van der Waals surface area contributed by atoms with Crippen LogP contribution in [0.3, 0.4) is 0 Å². The maximum absolute atomic E-state index is 12.5. The molecule has 0 amide bonds. The number of rotatable bonds is 6. The molecule has 0 aromatic carbocycles. The number of hydrogen-bond acceptors (Lipinski definition) is 5. The molecule has 2 rings (SSSR count). The lowest BCUT2D eigenvalue weighted by Gasteiger charge is -2.26. The number of carbonyl (C=O) groups excluding carboxylic acids is 1. The third kappa shape index (κ3) is 2.84. The highest BCUT2D eigenvalue weighted by molar-refractivity contribution is 7.86. The summed E-state index contributed by atoms with van der Waals surface area (Å²) in [5.74, 6) is -1.53. The maximum atomic E-state index is 12.5. The van der Waals surface area contributed by atoms with Gasteiger partial charge in [-0.05, 0) is 18.8 Å². The smallest absolute Gasteiger partial charge is 0.311 e. The van der Waals surface area contributed by atoms with Crippen molar-refractivity contribution in [2.75, 3.05) is 33.8 Å². The lowest BCUT2D eigenvalue weighted by atomic mass is 9.81. The first-order chi connectivity index (χ1) is 10.2. The van der Waals surface area contributed by atoms with Gasteiger partial charge >= 0.3 is 11.9 Å². The van der Waals surface area contributed by atoms with Crippen LogP contribution in [0.2, 0.25) is 0 Å². The quantitative estimate of drug-likeness (QED) is 0.681. The summed E-state index contributed by atoms with van der Waals surface area (Å²) in [6.45, 7) is 0.255. The minimum atomic E-state index is -3.76. The fourth-order valence-corrected chi connectivity index (χ4v) is 4.91. The highest BCUT2D eigenvalue weighted by atomic mass is 32.2. The molecule has 0 spiro atoms. The summed E-state index contributed by atoms with van der Waals surface area (Å²) < 4.78 is 31.9. The number of ether oxygens (including phenoxy) is 1. The van der Waals surface area contributed by atoms with Gasteiger partial charge in [0.1, 0.15) is 0 Å². The van der Waals surface area contributed by atoms with Crippen LogP contribution in [-0.4, -0.2) is 67.9 Å². The SMILES string of the molecule is COC(=O)CCN(C)S(=O)(=O)N1C[C@@H]2CCC[C@@]2(C(=O)O)C1. The molecule has 0 aromatic rings. The number of esters is 1. The minimum Gasteiger partial charge on any atom is -0.481 e. The first kappa shape index (κ1) is 17.2. The molecule has 0 radical (unpaired) electrons. The molecular formula is C13H22N2O6S. The van der Waals surface area contributed by atoms with Gasteiger partial charge < -0.3 is 9.84 Å². The van der Waals surface area contributed by atoms with Crippen molar-refractivity contribution in [1.82, 2.24) is 8.61 Å². The van der Waals surface area contributed by atoms with Gasteiger partial charge in [-0.1, -0.05) is 6.42 Å². The lowest BCUT2D eigenvalue weighted by molar-refractivity contribution is -0.149. The molecule has 1 aliphatic carbocycles. The summed E-state index contributed by atoms with van der Waals surface area (Å²) >= 11 is 0. The Morgan fingerprint density at radius 2 is 2.14 bits per heavy atom. The van der Waals surface area contributed by atoms with Crippen LogP contribution >= 0.6 is 0 Å². The maximum Gasteiger partial charge on any atom is 0.311 e. The number of methoxy groups -OCH3 is 1. The van der Waals surface area contributed by atoms with Crippen LogP contribution in [0.1, 0.15) is 25.7 Å². The van der Waals surface area contributed by atoms with Gasteiger partial charge in [-0.25, -0.2) is 0 Å². The monoisotopic (exact) mass is 334 g/mol. The van der Waals surface area contributed by atoms with Crippen LogP contribution < -0.4 is 0 Å². The van der Waals surface area contributed by atoms with Gasteiger partial charge in [-0.2, -0.15) is 17.0 Å². The number of hydrogen-bond donors (Lipinski definition) is 1. The molecule has 2 aliphatic rings. The average Bonchev–Trinajstić information content (AvgIpc) is 3.02. The van der Waals surface area contributed by atoms with E-state index in [0.717, 1.165) is 17.1 Å². The fourth-order valence-electron chi connectivity index (χ4n) is 3.43. The van der Waals surface area contributed by atoms with Crippen LogP contribution in [0.5, 0.6) is 0 Å². The number of fused-ring (bicyclic) bond motifs is 1. The molecule has 9 heteroatoms. The molecule has 8 nitrogen and oxygen atoms in total. The van der Waals surface area contributed by atoms with Crippen molar-refractivity contribution in [3.63, 3.8) is 0 Å². The molecular weight excluding hydrogens is 312 g/mol. The van der Waals surface area contributed by atoms with E-state index in [1.807, 2.05) is 0 Å². The third-order valence-corrected chi connectivity index (χ3v) is 6.75. The Hall–Kier alpha value is -1.19. The van der Waals surface area contributed by atoms with Crippen LogP contribution in [0.25, 0.3) is 0 Å².